The first kappa shape index (κ1) is 16.5. The van der Waals surface area contributed by atoms with Gasteiger partial charge in [-0.3, -0.25) is 4.79 Å². The molecule has 0 aliphatic carbocycles. The topological polar surface area (TPSA) is 51.2 Å². The minimum Gasteiger partial charge on any atom is -0.381 e. The average Bonchev–Trinajstić information content (AvgIpc) is 2.55. The van der Waals surface area contributed by atoms with Gasteiger partial charge in [0.2, 0.25) is 0 Å². The summed E-state index contributed by atoms with van der Waals surface area (Å²) in [5.74, 6) is -0.145. The van der Waals surface area contributed by atoms with Crippen LogP contribution in [0.1, 0.15) is 22.3 Å². The van der Waals surface area contributed by atoms with E-state index in [0.29, 0.717) is 30.5 Å². The van der Waals surface area contributed by atoms with Crippen LogP contribution in [0.2, 0.25) is 5.15 Å². The Kier molecular flexibility index (Phi) is 6.87. The molecule has 2 aromatic rings. The maximum Gasteiger partial charge on any atom is 0.252 e. The Labute approximate surface area is 135 Å². The fourth-order valence-corrected chi connectivity index (χ4v) is 2.04. The van der Waals surface area contributed by atoms with E-state index in [1.165, 1.54) is 11.8 Å². The van der Waals surface area contributed by atoms with Gasteiger partial charge in [-0.1, -0.05) is 41.9 Å². The lowest BCUT2D eigenvalue weighted by Gasteiger charge is -2.06. The Morgan fingerprint density at radius 3 is 2.68 bits per heavy atom. The molecule has 1 aromatic carbocycles. The average molecular weight is 319 g/mol. The number of carbonyl (C=O) groups is 1. The second-order valence-corrected chi connectivity index (χ2v) is 5.21. The number of aromatic nitrogens is 1. The molecule has 22 heavy (non-hydrogen) atoms. The molecular formula is C17H19ClN2O2. The number of hydrogen-bond donors (Lipinski definition) is 1. The van der Waals surface area contributed by atoms with Gasteiger partial charge in [0.15, 0.2) is 0 Å². The fraction of sp³-hybridized carbons (Fsp3) is 0.294. The van der Waals surface area contributed by atoms with Gasteiger partial charge in [-0.15, -0.1) is 0 Å². The second-order valence-electron chi connectivity index (χ2n) is 4.83. The summed E-state index contributed by atoms with van der Waals surface area (Å²) in [5.41, 5.74) is 1.78. The van der Waals surface area contributed by atoms with Crippen molar-refractivity contribution in [2.24, 2.45) is 0 Å². The van der Waals surface area contributed by atoms with Crippen molar-refractivity contribution in [2.75, 3.05) is 19.8 Å². The number of hydrogen-bond acceptors (Lipinski definition) is 3. The smallest absolute Gasteiger partial charge is 0.252 e. The van der Waals surface area contributed by atoms with Crippen molar-refractivity contribution in [1.29, 1.82) is 0 Å². The number of ether oxygens (including phenoxy) is 1. The van der Waals surface area contributed by atoms with E-state index in [9.17, 15) is 4.79 Å². The minimum absolute atomic E-state index is 0.145. The van der Waals surface area contributed by atoms with Crippen molar-refractivity contribution in [2.45, 2.75) is 12.8 Å². The lowest BCUT2D eigenvalue weighted by atomic mass is 10.2. The van der Waals surface area contributed by atoms with Crippen molar-refractivity contribution >= 4 is 17.5 Å². The molecule has 0 aliphatic heterocycles. The van der Waals surface area contributed by atoms with Crippen LogP contribution in [0, 0.1) is 0 Å². The van der Waals surface area contributed by atoms with E-state index in [4.69, 9.17) is 16.3 Å². The predicted octanol–water partition coefficient (Wildman–Crippen LogP) is 3.11. The number of pyridine rings is 1. The van der Waals surface area contributed by atoms with Gasteiger partial charge < -0.3 is 10.1 Å². The van der Waals surface area contributed by atoms with Gasteiger partial charge in [0.25, 0.3) is 5.91 Å². The van der Waals surface area contributed by atoms with Crippen LogP contribution in [0.4, 0.5) is 0 Å². The van der Waals surface area contributed by atoms with Gasteiger partial charge in [-0.25, -0.2) is 4.98 Å². The number of nitrogens with one attached hydrogen (secondary N) is 1. The maximum atomic E-state index is 11.8. The first-order chi connectivity index (χ1) is 10.8. The second kappa shape index (κ2) is 9.18. The van der Waals surface area contributed by atoms with Gasteiger partial charge in [-0.05, 0) is 30.5 Å². The van der Waals surface area contributed by atoms with Crippen molar-refractivity contribution in [3.63, 3.8) is 0 Å². The molecule has 2 rings (SSSR count). The first-order valence-corrected chi connectivity index (χ1v) is 7.65. The van der Waals surface area contributed by atoms with E-state index < -0.39 is 0 Å². The number of rotatable bonds is 8. The fourth-order valence-electron chi connectivity index (χ4n) is 1.93. The molecule has 1 aromatic heterocycles. The van der Waals surface area contributed by atoms with Gasteiger partial charge >= 0.3 is 0 Å². The van der Waals surface area contributed by atoms with Gasteiger partial charge in [0.05, 0.1) is 12.2 Å². The molecule has 0 radical (unpaired) electrons. The minimum atomic E-state index is -0.145. The largest absolute Gasteiger partial charge is 0.381 e. The Morgan fingerprint density at radius 2 is 1.95 bits per heavy atom. The van der Waals surface area contributed by atoms with Crippen LogP contribution in [-0.4, -0.2) is 30.6 Å². The quantitative estimate of drug-likeness (QED) is 0.601. The molecule has 0 aliphatic rings. The summed E-state index contributed by atoms with van der Waals surface area (Å²) in [7, 11) is 0. The molecular weight excluding hydrogens is 300 g/mol. The summed E-state index contributed by atoms with van der Waals surface area (Å²) in [6.07, 6.45) is 3.15. The first-order valence-electron chi connectivity index (χ1n) is 7.27. The number of carbonyl (C=O) groups excluding carboxylic acids is 1. The third-order valence-electron chi connectivity index (χ3n) is 3.12. The van der Waals surface area contributed by atoms with Crippen LogP contribution in [0.3, 0.4) is 0 Å². The third kappa shape index (κ3) is 5.84. The molecule has 0 bridgehead atoms. The highest BCUT2D eigenvalue weighted by molar-refractivity contribution is 6.29. The number of benzene rings is 1. The van der Waals surface area contributed by atoms with Crippen LogP contribution in [0.25, 0.3) is 0 Å². The lowest BCUT2D eigenvalue weighted by molar-refractivity contribution is 0.0942. The summed E-state index contributed by atoms with van der Waals surface area (Å²) in [6, 6.07) is 13.5. The molecule has 1 N–H and O–H groups in total. The third-order valence-corrected chi connectivity index (χ3v) is 3.34. The highest BCUT2D eigenvalue weighted by Gasteiger charge is 2.04. The van der Waals surface area contributed by atoms with E-state index >= 15 is 0 Å². The zero-order chi connectivity index (χ0) is 15.6. The van der Waals surface area contributed by atoms with Gasteiger partial charge in [0.1, 0.15) is 5.15 Å². The van der Waals surface area contributed by atoms with E-state index in [0.717, 1.165) is 12.8 Å². The molecule has 0 unspecified atom stereocenters. The molecule has 0 fully saturated rings. The summed E-state index contributed by atoms with van der Waals surface area (Å²) in [6.45, 7) is 1.90. The Hall–Kier alpha value is -1.91. The van der Waals surface area contributed by atoms with Crippen LogP contribution >= 0.6 is 11.6 Å². The van der Waals surface area contributed by atoms with E-state index in [-0.39, 0.29) is 5.91 Å². The molecule has 4 nitrogen and oxygen atoms in total. The van der Waals surface area contributed by atoms with Crippen molar-refractivity contribution in [1.82, 2.24) is 10.3 Å². The van der Waals surface area contributed by atoms with E-state index in [1.54, 1.807) is 12.1 Å². The summed E-state index contributed by atoms with van der Waals surface area (Å²) < 4.78 is 5.56. The zero-order valence-corrected chi connectivity index (χ0v) is 13.1. The number of amides is 1. The summed E-state index contributed by atoms with van der Waals surface area (Å²) in [4.78, 5) is 15.7. The zero-order valence-electron chi connectivity index (χ0n) is 12.3. The van der Waals surface area contributed by atoms with E-state index in [1.807, 2.05) is 18.2 Å². The summed E-state index contributed by atoms with van der Waals surface area (Å²) >= 11 is 5.68. The molecule has 5 heteroatoms. The Morgan fingerprint density at radius 1 is 1.14 bits per heavy atom. The van der Waals surface area contributed by atoms with Crippen LogP contribution in [0.15, 0.2) is 48.7 Å². The molecule has 1 heterocycles. The molecule has 116 valence electrons. The van der Waals surface area contributed by atoms with Crippen LogP contribution in [-0.2, 0) is 11.2 Å². The Balaban J connectivity index is 1.54. The molecule has 0 saturated carbocycles. The van der Waals surface area contributed by atoms with Crippen LogP contribution in [0.5, 0.6) is 0 Å². The van der Waals surface area contributed by atoms with Crippen molar-refractivity contribution in [3.8, 4) is 0 Å². The molecule has 0 atom stereocenters. The molecule has 0 spiro atoms. The maximum absolute atomic E-state index is 11.8. The molecule has 0 saturated heterocycles. The number of halogens is 1. The molecule has 1 amide bonds. The normalized spacial score (nSPS) is 10.4. The van der Waals surface area contributed by atoms with Crippen molar-refractivity contribution < 1.29 is 9.53 Å². The standard InChI is InChI=1S/C17H19ClN2O2/c18-16-8-7-15(13-20-16)17(21)19-10-4-11-22-12-9-14-5-2-1-3-6-14/h1-3,5-8,13H,4,9-12H2,(H,19,21). The SMILES string of the molecule is O=C(NCCCOCCc1ccccc1)c1ccc(Cl)nc1. The highest BCUT2D eigenvalue weighted by atomic mass is 35.5. The van der Waals surface area contributed by atoms with E-state index in [2.05, 4.69) is 22.4 Å². The predicted molar refractivity (Wildman–Crippen MR) is 87.2 cm³/mol. The number of nitrogens with zero attached hydrogens (tertiary/aromatic N) is 1. The van der Waals surface area contributed by atoms with Gasteiger partial charge in [-0.2, -0.15) is 0 Å². The Bertz CT molecular complexity index is 573. The highest BCUT2D eigenvalue weighted by Crippen LogP contribution is 2.05. The van der Waals surface area contributed by atoms with Gasteiger partial charge in [0, 0.05) is 19.3 Å². The van der Waals surface area contributed by atoms with Crippen LogP contribution < -0.4 is 5.32 Å². The summed E-state index contributed by atoms with van der Waals surface area (Å²) in [5, 5.41) is 3.20. The monoisotopic (exact) mass is 318 g/mol. The lowest BCUT2D eigenvalue weighted by Crippen LogP contribution is -2.25. The van der Waals surface area contributed by atoms with Crippen molar-refractivity contribution in [3.05, 3.63) is 64.9 Å².